The van der Waals surface area contributed by atoms with Crippen molar-refractivity contribution in [1.29, 1.82) is 5.26 Å². The van der Waals surface area contributed by atoms with Gasteiger partial charge in [0.1, 0.15) is 0 Å². The minimum absolute atomic E-state index is 0.0695. The molecule has 2 aliphatic heterocycles. The van der Waals surface area contributed by atoms with Gasteiger partial charge in [0.25, 0.3) is 0 Å². The number of anilines is 4. The van der Waals surface area contributed by atoms with Crippen LogP contribution >= 0.6 is 0 Å². The van der Waals surface area contributed by atoms with Crippen LogP contribution in [-0.4, -0.2) is 35.8 Å². The smallest absolute Gasteiger partial charge is 0.224 e. The fraction of sp³-hybridized carbons (Fsp3) is 0.320. The van der Waals surface area contributed by atoms with Crippen LogP contribution in [0.5, 0.6) is 0 Å². The lowest BCUT2D eigenvalue weighted by molar-refractivity contribution is -0.116. The van der Waals surface area contributed by atoms with E-state index in [0.29, 0.717) is 12.0 Å². The normalized spacial score (nSPS) is 17.8. The van der Waals surface area contributed by atoms with Gasteiger partial charge in [-0.25, -0.2) is 0 Å². The number of rotatable bonds is 2. The molecule has 0 aliphatic carbocycles. The van der Waals surface area contributed by atoms with E-state index in [1.165, 1.54) is 0 Å². The molecule has 2 aliphatic rings. The number of nitrogens with zero attached hydrogens (tertiary/aromatic N) is 5. The Labute approximate surface area is 187 Å². The van der Waals surface area contributed by atoms with Crippen LogP contribution < -0.4 is 15.1 Å². The zero-order valence-electron chi connectivity index (χ0n) is 18.6. The van der Waals surface area contributed by atoms with Crippen LogP contribution in [0.3, 0.4) is 0 Å². The number of aryl methyl sites for hydroxylation is 1. The van der Waals surface area contributed by atoms with Gasteiger partial charge in [-0.2, -0.15) is 10.4 Å². The Balaban J connectivity index is 1.66. The van der Waals surface area contributed by atoms with Crippen molar-refractivity contribution in [3.63, 3.8) is 0 Å². The third kappa shape index (κ3) is 3.38. The van der Waals surface area contributed by atoms with E-state index in [4.69, 9.17) is 0 Å². The predicted molar refractivity (Wildman–Crippen MR) is 126 cm³/mol. The van der Waals surface area contributed by atoms with Crippen LogP contribution in [0.15, 0.2) is 42.7 Å². The molecule has 0 radical (unpaired) electrons. The van der Waals surface area contributed by atoms with Crippen LogP contribution in [0.25, 0.3) is 11.1 Å². The van der Waals surface area contributed by atoms with Crippen molar-refractivity contribution in [2.75, 3.05) is 35.3 Å². The molecular formula is C25H26N6O. The maximum atomic E-state index is 12.3. The quantitative estimate of drug-likeness (QED) is 0.669. The molecule has 1 atom stereocenters. The van der Waals surface area contributed by atoms with Crippen molar-refractivity contribution in [1.82, 2.24) is 9.78 Å². The van der Waals surface area contributed by atoms with E-state index < -0.39 is 0 Å². The average Bonchev–Trinajstić information content (AvgIpc) is 3.13. The van der Waals surface area contributed by atoms with E-state index in [2.05, 4.69) is 52.4 Å². The van der Waals surface area contributed by atoms with E-state index in [1.807, 2.05) is 31.4 Å². The number of nitrogens with one attached hydrogen (secondary N) is 1. The minimum Gasteiger partial charge on any atom is -0.371 e. The second-order valence-electron chi connectivity index (χ2n) is 8.84. The van der Waals surface area contributed by atoms with Crippen molar-refractivity contribution in [2.24, 2.45) is 13.0 Å². The number of hydrogen-bond donors (Lipinski definition) is 1. The van der Waals surface area contributed by atoms with Crippen molar-refractivity contribution < 1.29 is 4.79 Å². The summed E-state index contributed by atoms with van der Waals surface area (Å²) in [6.07, 6.45) is 5.10. The van der Waals surface area contributed by atoms with Gasteiger partial charge in [0.05, 0.1) is 29.2 Å². The van der Waals surface area contributed by atoms with Crippen LogP contribution in [0.1, 0.15) is 24.5 Å². The second-order valence-corrected chi connectivity index (χ2v) is 8.84. The first-order chi connectivity index (χ1) is 15.4. The molecule has 32 heavy (non-hydrogen) atoms. The van der Waals surface area contributed by atoms with Crippen molar-refractivity contribution in [3.05, 3.63) is 53.9 Å². The Morgan fingerprint density at radius 3 is 2.72 bits per heavy atom. The molecule has 0 bridgehead atoms. The maximum absolute atomic E-state index is 12.3. The molecule has 162 valence electrons. The fourth-order valence-corrected chi connectivity index (χ4v) is 4.83. The summed E-state index contributed by atoms with van der Waals surface area (Å²) in [7, 11) is 3.96. The Hall–Kier alpha value is -3.79. The molecule has 0 unspecified atom stereocenters. The van der Waals surface area contributed by atoms with Crippen molar-refractivity contribution in [3.8, 4) is 17.2 Å². The maximum Gasteiger partial charge on any atom is 0.224 e. The number of hydrogen-bond acceptors (Lipinski definition) is 5. The van der Waals surface area contributed by atoms with Gasteiger partial charge in [-0.3, -0.25) is 9.48 Å². The van der Waals surface area contributed by atoms with Crippen LogP contribution in [0, 0.1) is 17.2 Å². The zero-order chi connectivity index (χ0) is 22.4. The van der Waals surface area contributed by atoms with Crippen molar-refractivity contribution >= 4 is 28.7 Å². The number of benzene rings is 2. The molecule has 3 aromatic rings. The summed E-state index contributed by atoms with van der Waals surface area (Å²) in [4.78, 5) is 16.8. The van der Waals surface area contributed by atoms with Gasteiger partial charge < -0.3 is 15.1 Å². The highest BCUT2D eigenvalue weighted by molar-refractivity contribution is 5.95. The van der Waals surface area contributed by atoms with E-state index in [-0.39, 0.29) is 11.8 Å². The average molecular weight is 427 g/mol. The first kappa shape index (κ1) is 20.1. The van der Waals surface area contributed by atoms with Crippen LogP contribution in [0.2, 0.25) is 0 Å². The van der Waals surface area contributed by atoms with Crippen LogP contribution in [0.4, 0.5) is 22.7 Å². The van der Waals surface area contributed by atoms with Gasteiger partial charge in [-0.15, -0.1) is 0 Å². The van der Waals surface area contributed by atoms with Gasteiger partial charge in [-0.05, 0) is 42.2 Å². The van der Waals surface area contributed by atoms with Gasteiger partial charge in [0.15, 0.2) is 0 Å². The monoisotopic (exact) mass is 426 g/mol. The molecule has 2 aromatic carbocycles. The highest BCUT2D eigenvalue weighted by Gasteiger charge is 2.28. The Morgan fingerprint density at radius 2 is 1.97 bits per heavy atom. The summed E-state index contributed by atoms with van der Waals surface area (Å²) in [6.45, 7) is 3.79. The number of fused-ring (bicyclic) bond motifs is 2. The second kappa shape index (κ2) is 7.72. The molecule has 7 heteroatoms. The number of amides is 1. The van der Waals surface area contributed by atoms with Crippen LogP contribution in [-0.2, 0) is 18.3 Å². The van der Waals surface area contributed by atoms with E-state index in [0.717, 1.165) is 59.0 Å². The number of nitriles is 1. The Bertz CT molecular complexity index is 1250. The number of likely N-dealkylation sites (N-methyl/N-ethyl adjacent to an activating group) is 1. The lowest BCUT2D eigenvalue weighted by Crippen LogP contribution is -2.37. The standard InChI is InChI=1S/C25H26N6O/c1-16-9-20-21(28-25(32)10-16)5-4-6-22(20)31-8-7-29(2)23-12-19(17(13-26)11-24(23)31)18-14-27-30(3)15-18/h4-6,11-12,14-16H,7-10H2,1-3H3,(H,28,32)/t16-/m0/s1. The first-order valence-corrected chi connectivity index (χ1v) is 10.9. The van der Waals surface area contributed by atoms with Crippen molar-refractivity contribution in [2.45, 2.75) is 19.8 Å². The molecule has 1 amide bonds. The number of aromatic nitrogens is 2. The summed E-state index contributed by atoms with van der Waals surface area (Å²) < 4.78 is 1.75. The fourth-order valence-electron chi connectivity index (χ4n) is 4.83. The molecule has 1 aromatic heterocycles. The van der Waals surface area contributed by atoms with E-state index >= 15 is 0 Å². The zero-order valence-corrected chi connectivity index (χ0v) is 18.6. The number of carbonyl (C=O) groups excluding carboxylic acids is 1. The summed E-state index contributed by atoms with van der Waals surface area (Å²) in [6, 6.07) is 12.6. The summed E-state index contributed by atoms with van der Waals surface area (Å²) >= 11 is 0. The third-order valence-corrected chi connectivity index (χ3v) is 6.41. The molecule has 3 heterocycles. The predicted octanol–water partition coefficient (Wildman–Crippen LogP) is 4.07. The Kier molecular flexibility index (Phi) is 4.86. The molecule has 5 rings (SSSR count). The summed E-state index contributed by atoms with van der Waals surface area (Å²) in [5.41, 5.74) is 7.70. The highest BCUT2D eigenvalue weighted by atomic mass is 16.1. The highest BCUT2D eigenvalue weighted by Crippen LogP contribution is 2.44. The lowest BCUT2D eigenvalue weighted by atomic mass is 9.95. The lowest BCUT2D eigenvalue weighted by Gasteiger charge is -2.38. The molecule has 0 saturated carbocycles. The molecule has 0 saturated heterocycles. The number of carbonyl (C=O) groups is 1. The SMILES string of the molecule is C[C@@H]1CC(=O)Nc2cccc(N3CCN(C)c4cc(-c5cnn(C)c5)c(C#N)cc43)c2C1. The first-order valence-electron chi connectivity index (χ1n) is 10.9. The molecular weight excluding hydrogens is 400 g/mol. The molecule has 0 fully saturated rings. The minimum atomic E-state index is 0.0695. The van der Waals surface area contributed by atoms with Gasteiger partial charge in [0.2, 0.25) is 5.91 Å². The van der Waals surface area contributed by atoms with Gasteiger partial charge in [-0.1, -0.05) is 13.0 Å². The molecule has 7 nitrogen and oxygen atoms in total. The van der Waals surface area contributed by atoms with Gasteiger partial charge >= 0.3 is 0 Å². The molecule has 1 N–H and O–H groups in total. The third-order valence-electron chi connectivity index (χ3n) is 6.41. The molecule has 0 spiro atoms. The topological polar surface area (TPSA) is 77.2 Å². The largest absolute Gasteiger partial charge is 0.371 e. The van der Waals surface area contributed by atoms with E-state index in [9.17, 15) is 10.1 Å². The van der Waals surface area contributed by atoms with Gasteiger partial charge in [0, 0.05) is 62.3 Å². The van der Waals surface area contributed by atoms with E-state index in [1.54, 1.807) is 10.9 Å². The Morgan fingerprint density at radius 1 is 1.12 bits per heavy atom. The summed E-state index contributed by atoms with van der Waals surface area (Å²) in [5.74, 6) is 0.340. The summed E-state index contributed by atoms with van der Waals surface area (Å²) in [5, 5.41) is 17.3.